The number of fused-ring (bicyclic) bond motifs is 1. The summed E-state index contributed by atoms with van der Waals surface area (Å²) < 4.78 is 16.4. The van der Waals surface area contributed by atoms with Gasteiger partial charge in [0.25, 0.3) is 0 Å². The second-order valence-corrected chi connectivity index (χ2v) is 14.2. The first-order valence-corrected chi connectivity index (χ1v) is 14.7. The molecule has 0 amide bonds. The summed E-state index contributed by atoms with van der Waals surface area (Å²) >= 11 is -1.46. The average Bonchev–Trinajstić information content (AvgIpc) is 2.72. The Morgan fingerprint density at radius 3 is 2.25 bits per heavy atom. The molecule has 3 heteroatoms. The molecule has 1 aliphatic rings. The molecule has 0 fully saturated rings. The molecule has 0 aliphatic heterocycles. The molecule has 0 aromatic heterocycles. The third kappa shape index (κ3) is 1.86. The predicted molar refractivity (Wildman–Crippen MR) is 63.0 cm³/mol. The van der Waals surface area contributed by atoms with Crippen LogP contribution in [0.25, 0.3) is 6.08 Å². The van der Waals surface area contributed by atoms with E-state index in [9.17, 15) is 0 Å². The zero-order valence-electron chi connectivity index (χ0n) is 10.2. The van der Waals surface area contributed by atoms with E-state index in [1.54, 1.807) is 14.2 Å². The Hall–Kier alpha value is -0.570. The molecule has 0 N–H and O–H groups in total. The van der Waals surface area contributed by atoms with Crippen LogP contribution < -0.4 is 9.47 Å². The van der Waals surface area contributed by atoms with E-state index >= 15 is 0 Å². The van der Waals surface area contributed by atoms with Gasteiger partial charge >= 0.3 is 105 Å². The maximum absolute atomic E-state index is 5.48. The molecular formula is C13H17HfO2. The third-order valence-corrected chi connectivity index (χ3v) is 9.23. The summed E-state index contributed by atoms with van der Waals surface area (Å²) in [5, 5.41) is 0. The van der Waals surface area contributed by atoms with Crippen molar-refractivity contribution in [2.75, 3.05) is 14.2 Å². The summed E-state index contributed by atoms with van der Waals surface area (Å²) in [5.41, 5.74) is 2.58. The van der Waals surface area contributed by atoms with Gasteiger partial charge in [-0.1, -0.05) is 0 Å². The van der Waals surface area contributed by atoms with Crippen LogP contribution in [-0.4, -0.2) is 14.2 Å². The molecule has 16 heavy (non-hydrogen) atoms. The van der Waals surface area contributed by atoms with Crippen LogP contribution in [0.2, 0.25) is 9.36 Å². The van der Waals surface area contributed by atoms with Crippen molar-refractivity contribution in [1.82, 2.24) is 0 Å². The predicted octanol–water partition coefficient (Wildman–Crippen LogP) is 3.49. The molecule has 0 spiro atoms. The molecule has 1 aromatic carbocycles. The van der Waals surface area contributed by atoms with Crippen LogP contribution in [0.15, 0.2) is 18.2 Å². The topological polar surface area (TPSA) is 18.5 Å². The molecule has 1 unspecified atom stereocenters. The normalized spacial score (nSPS) is 17.1. The van der Waals surface area contributed by atoms with E-state index in [-0.39, 0.29) is 0 Å². The van der Waals surface area contributed by atoms with Gasteiger partial charge in [0.15, 0.2) is 0 Å². The van der Waals surface area contributed by atoms with Crippen molar-refractivity contribution in [2.24, 2.45) is 0 Å². The molecule has 0 saturated heterocycles. The van der Waals surface area contributed by atoms with E-state index in [2.05, 4.69) is 21.5 Å². The summed E-state index contributed by atoms with van der Waals surface area (Å²) in [4.78, 5) is 0. The van der Waals surface area contributed by atoms with Crippen molar-refractivity contribution in [3.05, 3.63) is 29.3 Å². The quantitative estimate of drug-likeness (QED) is 0.744. The van der Waals surface area contributed by atoms with E-state index < -0.39 is 21.4 Å². The van der Waals surface area contributed by atoms with E-state index in [1.807, 2.05) is 12.1 Å². The number of hydrogen-bond acceptors (Lipinski definition) is 2. The fourth-order valence-corrected chi connectivity index (χ4v) is 7.09. The second kappa shape index (κ2) is 4.74. The minimum atomic E-state index is -1.46. The Bertz CT molecular complexity index is 424. The van der Waals surface area contributed by atoms with Gasteiger partial charge in [-0.2, -0.15) is 0 Å². The number of benzene rings is 1. The molecule has 85 valence electrons. The van der Waals surface area contributed by atoms with Crippen LogP contribution in [0.3, 0.4) is 0 Å². The van der Waals surface area contributed by atoms with Gasteiger partial charge in [0.1, 0.15) is 0 Å². The van der Waals surface area contributed by atoms with Crippen molar-refractivity contribution in [1.29, 1.82) is 0 Å². The Kier molecular flexibility index (Phi) is 3.53. The molecule has 2 nitrogen and oxygen atoms in total. The Labute approximate surface area is 105 Å². The standard InChI is InChI=1S/C11H11O2.2CH3.Hf/c1-12-10-6-7-11(13-2)9-5-3-4-8(9)10;;;/h3-7H,1-2H3;2*1H3;. The van der Waals surface area contributed by atoms with Crippen molar-refractivity contribution < 1.29 is 30.9 Å². The summed E-state index contributed by atoms with van der Waals surface area (Å²) in [6.45, 7) is 0. The van der Waals surface area contributed by atoms with Gasteiger partial charge in [0, 0.05) is 0 Å². The monoisotopic (exact) mass is 385 g/mol. The molecule has 1 atom stereocenters. The number of hydrogen-bond donors (Lipinski definition) is 0. The second-order valence-electron chi connectivity index (χ2n) is 4.21. The first-order valence-electron chi connectivity index (χ1n) is 5.42. The van der Waals surface area contributed by atoms with E-state index in [1.165, 1.54) is 11.1 Å². The maximum atomic E-state index is 5.48. The fourth-order valence-electron chi connectivity index (χ4n) is 2.21. The summed E-state index contributed by atoms with van der Waals surface area (Å²) in [7, 11) is 3.47. The van der Waals surface area contributed by atoms with Crippen LogP contribution in [0.1, 0.15) is 14.8 Å². The number of allylic oxidation sites excluding steroid dienone is 1. The van der Waals surface area contributed by atoms with Crippen LogP contribution in [0.4, 0.5) is 0 Å². The fraction of sp³-hybridized carbons (Fsp3) is 0.385. The van der Waals surface area contributed by atoms with Crippen molar-refractivity contribution >= 4 is 6.08 Å². The van der Waals surface area contributed by atoms with Gasteiger partial charge in [-0.05, 0) is 0 Å². The number of methoxy groups -OCH3 is 2. The molecule has 0 bridgehead atoms. The van der Waals surface area contributed by atoms with Crippen LogP contribution in [0, 0.1) is 0 Å². The van der Waals surface area contributed by atoms with Gasteiger partial charge in [0.2, 0.25) is 0 Å². The molecule has 1 aromatic rings. The van der Waals surface area contributed by atoms with Gasteiger partial charge in [-0.3, -0.25) is 0 Å². The Morgan fingerprint density at radius 2 is 1.69 bits per heavy atom. The molecular weight excluding hydrogens is 367 g/mol. The Balaban J connectivity index is 2.56. The molecule has 2 rings (SSSR count). The van der Waals surface area contributed by atoms with Gasteiger partial charge in [0.05, 0.1) is 0 Å². The summed E-state index contributed by atoms with van der Waals surface area (Å²) in [6.07, 6.45) is 4.52. The molecule has 0 radical (unpaired) electrons. The van der Waals surface area contributed by atoms with E-state index in [0.29, 0.717) is 3.67 Å². The number of ether oxygens (including phenoxy) is 2. The van der Waals surface area contributed by atoms with Gasteiger partial charge in [-0.25, -0.2) is 0 Å². The van der Waals surface area contributed by atoms with Crippen molar-refractivity contribution in [2.45, 2.75) is 13.0 Å². The first-order chi connectivity index (χ1) is 7.69. The molecule has 1 aliphatic carbocycles. The SMILES string of the molecule is COc1ccc(OC)c2c1C=C[CH]2[Hf]([CH3])[CH3]. The van der Waals surface area contributed by atoms with E-state index in [0.717, 1.165) is 11.5 Å². The summed E-state index contributed by atoms with van der Waals surface area (Å²) in [5.74, 6) is 1.97. The Morgan fingerprint density at radius 1 is 1.06 bits per heavy atom. The minimum absolute atomic E-state index is 0.644. The van der Waals surface area contributed by atoms with Crippen molar-refractivity contribution in [3.8, 4) is 11.5 Å². The van der Waals surface area contributed by atoms with Gasteiger partial charge in [-0.15, -0.1) is 0 Å². The molecule has 0 heterocycles. The van der Waals surface area contributed by atoms with Crippen molar-refractivity contribution in [3.63, 3.8) is 0 Å². The number of rotatable bonds is 3. The zero-order chi connectivity index (χ0) is 11.7. The zero-order valence-corrected chi connectivity index (χ0v) is 13.8. The first kappa shape index (κ1) is 11.9. The third-order valence-electron chi connectivity index (χ3n) is 3.04. The van der Waals surface area contributed by atoms with Crippen LogP contribution in [-0.2, 0) is 21.4 Å². The average molecular weight is 384 g/mol. The van der Waals surface area contributed by atoms with Crippen LogP contribution >= 0.6 is 0 Å². The molecule has 0 saturated carbocycles. The van der Waals surface area contributed by atoms with E-state index in [4.69, 9.17) is 9.47 Å². The van der Waals surface area contributed by atoms with Gasteiger partial charge < -0.3 is 0 Å². The summed E-state index contributed by atoms with van der Waals surface area (Å²) in [6, 6.07) is 4.01. The van der Waals surface area contributed by atoms with Crippen LogP contribution in [0.5, 0.6) is 11.5 Å².